The molecule has 1 aromatic heterocycles. The molecule has 72 valence electrons. The molecule has 0 saturated carbocycles. The van der Waals surface area contributed by atoms with Crippen molar-refractivity contribution in [2.45, 2.75) is 6.36 Å². The summed E-state index contributed by atoms with van der Waals surface area (Å²) >= 11 is 2.76. The summed E-state index contributed by atoms with van der Waals surface area (Å²) in [4.78, 5) is 13.3. The Kier molecular flexibility index (Phi) is 2.65. The fourth-order valence-corrected chi connectivity index (χ4v) is 0.967. The minimum atomic E-state index is -4.85. The van der Waals surface area contributed by atoms with Crippen LogP contribution in [0.5, 0.6) is 5.75 Å². The van der Waals surface area contributed by atoms with Crippen LogP contribution in [0.1, 0.15) is 0 Å². The van der Waals surface area contributed by atoms with Crippen LogP contribution >= 0.6 is 15.9 Å². The van der Waals surface area contributed by atoms with Crippen molar-refractivity contribution >= 4 is 15.9 Å². The van der Waals surface area contributed by atoms with Crippen molar-refractivity contribution in [3.05, 3.63) is 27.1 Å². The van der Waals surface area contributed by atoms with Gasteiger partial charge in [0.1, 0.15) is 0 Å². The lowest BCUT2D eigenvalue weighted by Gasteiger charge is -2.07. The minimum absolute atomic E-state index is 0.0192. The van der Waals surface area contributed by atoms with Crippen LogP contribution in [-0.2, 0) is 0 Å². The second kappa shape index (κ2) is 3.41. The average molecular weight is 258 g/mol. The molecule has 0 aliphatic heterocycles. The van der Waals surface area contributed by atoms with E-state index >= 15 is 0 Å². The average Bonchev–Trinajstić information content (AvgIpc) is 1.96. The van der Waals surface area contributed by atoms with Gasteiger partial charge < -0.3 is 9.72 Å². The smallest absolute Gasteiger partial charge is 0.400 e. The van der Waals surface area contributed by atoms with Gasteiger partial charge >= 0.3 is 6.36 Å². The fourth-order valence-electron chi connectivity index (χ4n) is 0.640. The van der Waals surface area contributed by atoms with Gasteiger partial charge in [0.15, 0.2) is 5.75 Å². The number of nitrogens with one attached hydrogen (secondary N) is 1. The topological polar surface area (TPSA) is 42.1 Å². The Bertz CT molecular complexity index is 360. The standard InChI is InChI=1S/C6H3BrF3NO2/c7-3-1-11-2-4(5(3)12)13-6(8,9)10/h1-2H,(H,11,12). The molecular weight excluding hydrogens is 255 g/mol. The zero-order valence-electron chi connectivity index (χ0n) is 5.98. The quantitative estimate of drug-likeness (QED) is 0.837. The Balaban J connectivity index is 3.03. The van der Waals surface area contributed by atoms with E-state index in [9.17, 15) is 18.0 Å². The summed E-state index contributed by atoms with van der Waals surface area (Å²) in [5.74, 6) is -0.790. The van der Waals surface area contributed by atoms with Crippen LogP contribution in [0.15, 0.2) is 21.7 Å². The molecule has 13 heavy (non-hydrogen) atoms. The largest absolute Gasteiger partial charge is 0.573 e. The molecule has 1 heterocycles. The molecule has 0 aliphatic rings. The lowest BCUT2D eigenvalue weighted by Crippen LogP contribution is -2.21. The third-order valence-corrected chi connectivity index (χ3v) is 1.68. The van der Waals surface area contributed by atoms with Gasteiger partial charge in [0.05, 0.1) is 4.47 Å². The van der Waals surface area contributed by atoms with Crippen LogP contribution in [0, 0.1) is 0 Å². The van der Waals surface area contributed by atoms with Gasteiger partial charge in [-0.05, 0) is 15.9 Å². The van der Waals surface area contributed by atoms with Gasteiger partial charge in [-0.15, -0.1) is 13.2 Å². The first-order chi connectivity index (χ1) is 5.90. The number of hydrogen-bond acceptors (Lipinski definition) is 2. The van der Waals surface area contributed by atoms with Gasteiger partial charge in [-0.1, -0.05) is 0 Å². The Morgan fingerprint density at radius 2 is 2.00 bits per heavy atom. The third kappa shape index (κ3) is 2.76. The number of halogens is 4. The van der Waals surface area contributed by atoms with Crippen LogP contribution in [0.4, 0.5) is 13.2 Å². The van der Waals surface area contributed by atoms with E-state index in [0.29, 0.717) is 0 Å². The molecule has 0 amide bonds. The molecular formula is C6H3BrF3NO2. The first kappa shape index (κ1) is 10.1. The van der Waals surface area contributed by atoms with Crippen molar-refractivity contribution in [1.82, 2.24) is 4.98 Å². The van der Waals surface area contributed by atoms with Crippen molar-refractivity contribution in [3.8, 4) is 5.75 Å². The molecule has 0 bridgehead atoms. The highest BCUT2D eigenvalue weighted by atomic mass is 79.9. The molecule has 0 saturated heterocycles. The van der Waals surface area contributed by atoms with Gasteiger partial charge in [-0.3, -0.25) is 4.79 Å². The normalized spacial score (nSPS) is 11.4. The maximum Gasteiger partial charge on any atom is 0.573 e. The zero-order chi connectivity index (χ0) is 10.1. The lowest BCUT2D eigenvalue weighted by atomic mass is 10.4. The highest BCUT2D eigenvalue weighted by Gasteiger charge is 2.32. The van der Waals surface area contributed by atoms with E-state index in [2.05, 4.69) is 25.7 Å². The SMILES string of the molecule is O=c1c(Br)c[nH]cc1OC(F)(F)F. The summed E-state index contributed by atoms with van der Waals surface area (Å²) in [7, 11) is 0. The summed E-state index contributed by atoms with van der Waals surface area (Å²) in [5.41, 5.74) is -0.851. The van der Waals surface area contributed by atoms with Gasteiger partial charge in [0.25, 0.3) is 0 Å². The van der Waals surface area contributed by atoms with Crippen LogP contribution in [0.25, 0.3) is 0 Å². The summed E-state index contributed by atoms with van der Waals surface area (Å²) in [6.07, 6.45) is -2.81. The van der Waals surface area contributed by atoms with E-state index in [1.54, 1.807) is 0 Å². The Labute approximate surface area is 78.7 Å². The fraction of sp³-hybridized carbons (Fsp3) is 0.167. The van der Waals surface area contributed by atoms with E-state index in [1.807, 2.05) is 0 Å². The van der Waals surface area contributed by atoms with E-state index < -0.39 is 17.5 Å². The highest BCUT2D eigenvalue weighted by molar-refractivity contribution is 9.10. The summed E-state index contributed by atoms with van der Waals surface area (Å²) < 4.78 is 38.4. The molecule has 0 unspecified atom stereocenters. The Morgan fingerprint density at radius 1 is 1.38 bits per heavy atom. The van der Waals surface area contributed by atoms with Gasteiger partial charge in [-0.2, -0.15) is 0 Å². The zero-order valence-corrected chi connectivity index (χ0v) is 7.57. The van der Waals surface area contributed by atoms with Crippen molar-refractivity contribution in [2.24, 2.45) is 0 Å². The lowest BCUT2D eigenvalue weighted by molar-refractivity contribution is -0.275. The Morgan fingerprint density at radius 3 is 2.54 bits per heavy atom. The molecule has 7 heteroatoms. The number of ether oxygens (including phenoxy) is 1. The molecule has 1 N–H and O–H groups in total. The number of rotatable bonds is 1. The molecule has 0 aliphatic carbocycles. The van der Waals surface area contributed by atoms with Gasteiger partial charge in [0.2, 0.25) is 5.43 Å². The first-order valence-corrected chi connectivity index (χ1v) is 3.82. The molecule has 0 radical (unpaired) electrons. The van der Waals surface area contributed by atoms with E-state index in [0.717, 1.165) is 6.20 Å². The van der Waals surface area contributed by atoms with E-state index in [1.165, 1.54) is 6.20 Å². The monoisotopic (exact) mass is 257 g/mol. The predicted octanol–water partition coefficient (Wildman–Crippen LogP) is 2.04. The molecule has 3 nitrogen and oxygen atoms in total. The summed E-state index contributed by atoms with van der Waals surface area (Å²) in [6, 6.07) is 0. The van der Waals surface area contributed by atoms with Crippen molar-refractivity contribution in [2.75, 3.05) is 0 Å². The second-order valence-corrected chi connectivity index (χ2v) is 2.90. The summed E-state index contributed by atoms with van der Waals surface area (Å²) in [6.45, 7) is 0. The molecule has 0 aromatic carbocycles. The number of aromatic amines is 1. The first-order valence-electron chi connectivity index (χ1n) is 3.02. The number of aromatic nitrogens is 1. The number of H-pyrrole nitrogens is 1. The molecule has 0 atom stereocenters. The van der Waals surface area contributed by atoms with Crippen molar-refractivity contribution in [1.29, 1.82) is 0 Å². The Hall–Kier alpha value is -0.980. The molecule has 1 rings (SSSR count). The van der Waals surface area contributed by atoms with E-state index in [4.69, 9.17) is 0 Å². The maximum atomic E-state index is 11.7. The molecule has 1 aromatic rings. The van der Waals surface area contributed by atoms with Gasteiger partial charge in [0, 0.05) is 12.4 Å². The van der Waals surface area contributed by atoms with Crippen LogP contribution in [-0.4, -0.2) is 11.3 Å². The number of alkyl halides is 3. The van der Waals surface area contributed by atoms with Crippen molar-refractivity contribution in [3.63, 3.8) is 0 Å². The molecule has 0 spiro atoms. The summed E-state index contributed by atoms with van der Waals surface area (Å²) in [5, 5.41) is 0. The third-order valence-electron chi connectivity index (χ3n) is 1.09. The highest BCUT2D eigenvalue weighted by Crippen LogP contribution is 2.19. The van der Waals surface area contributed by atoms with Crippen LogP contribution < -0.4 is 10.2 Å². The molecule has 0 fully saturated rings. The predicted molar refractivity (Wildman–Crippen MR) is 41.4 cm³/mol. The minimum Gasteiger partial charge on any atom is -0.400 e. The van der Waals surface area contributed by atoms with Gasteiger partial charge in [-0.25, -0.2) is 0 Å². The van der Waals surface area contributed by atoms with Crippen LogP contribution in [0.3, 0.4) is 0 Å². The number of hydrogen-bond donors (Lipinski definition) is 1. The number of pyridine rings is 1. The van der Waals surface area contributed by atoms with Crippen molar-refractivity contribution < 1.29 is 17.9 Å². The van der Waals surface area contributed by atoms with E-state index in [-0.39, 0.29) is 4.47 Å². The van der Waals surface area contributed by atoms with Crippen LogP contribution in [0.2, 0.25) is 0 Å². The second-order valence-electron chi connectivity index (χ2n) is 2.04. The maximum absolute atomic E-state index is 11.7.